The Bertz CT molecular complexity index is 210. The fraction of sp³-hybridized carbons (Fsp3) is 0.889. The van der Waals surface area contributed by atoms with E-state index in [9.17, 15) is 4.79 Å². The number of rotatable bonds is 5. The first-order valence-electron chi connectivity index (χ1n) is 4.96. The van der Waals surface area contributed by atoms with Crippen LogP contribution in [0.1, 0.15) is 25.7 Å². The van der Waals surface area contributed by atoms with Gasteiger partial charge in [-0.05, 0) is 12.8 Å². The number of unbranched alkanes of at least 4 members (excludes halogenated alkanes) is 1. The molecule has 0 aromatic heterocycles. The van der Waals surface area contributed by atoms with E-state index < -0.39 is 5.97 Å². The Morgan fingerprint density at radius 1 is 1.31 bits per heavy atom. The Balaban J connectivity index is 0. The zero-order valence-electron chi connectivity index (χ0n) is 9.00. The number of thioether (sulfide) groups is 1. The fourth-order valence-corrected chi connectivity index (χ4v) is 3.08. The Labute approximate surface area is 113 Å². The summed E-state index contributed by atoms with van der Waals surface area (Å²) in [5, 5.41) is 8.88. The monoisotopic (exact) mass is 290 g/mol. The van der Waals surface area contributed by atoms with Gasteiger partial charge in [0.15, 0.2) is 0 Å². The van der Waals surface area contributed by atoms with Crippen LogP contribution in [0.3, 0.4) is 0 Å². The van der Waals surface area contributed by atoms with E-state index in [-0.39, 0.29) is 43.3 Å². The highest BCUT2D eigenvalue weighted by molar-refractivity contribution is 8.00. The number of hydrogen-bond donors (Lipinski definition) is 3. The van der Waals surface area contributed by atoms with Gasteiger partial charge < -0.3 is 16.6 Å². The number of aliphatic carboxylic acids is 1. The first kappa shape index (κ1) is 18.7. The summed E-state index contributed by atoms with van der Waals surface area (Å²) < 4.78 is 0. The molecule has 0 spiro atoms. The molecule has 0 aliphatic carbocycles. The van der Waals surface area contributed by atoms with Gasteiger partial charge >= 0.3 is 5.97 Å². The molecule has 5 N–H and O–H groups in total. The maximum absolute atomic E-state index is 10.3. The number of nitrogens with two attached hydrogens (primary N) is 2. The second-order valence-electron chi connectivity index (χ2n) is 3.75. The van der Waals surface area contributed by atoms with Gasteiger partial charge in [0.2, 0.25) is 0 Å². The molecule has 3 atom stereocenters. The van der Waals surface area contributed by atoms with E-state index in [1.807, 2.05) is 11.8 Å². The predicted molar refractivity (Wildman–Crippen MR) is 72.8 cm³/mol. The summed E-state index contributed by atoms with van der Waals surface area (Å²) in [4.78, 5) is 10.3. The third kappa shape index (κ3) is 6.15. The summed E-state index contributed by atoms with van der Waals surface area (Å²) in [6, 6.07) is 0.203. The summed E-state index contributed by atoms with van der Waals surface area (Å²) in [6.07, 6.45) is 2.93. The van der Waals surface area contributed by atoms with Crippen LogP contribution < -0.4 is 11.5 Å². The highest BCUT2D eigenvalue weighted by Crippen LogP contribution is 2.28. The lowest BCUT2D eigenvalue weighted by atomic mass is 10.0. The molecule has 0 radical (unpaired) electrons. The molecule has 4 nitrogen and oxygen atoms in total. The lowest BCUT2D eigenvalue weighted by molar-refractivity contribution is -0.137. The van der Waals surface area contributed by atoms with Crippen molar-refractivity contribution in [3.05, 3.63) is 0 Å². The minimum absolute atomic E-state index is 0. The lowest BCUT2D eigenvalue weighted by Gasteiger charge is -2.16. The summed E-state index contributed by atoms with van der Waals surface area (Å²) in [5.41, 5.74) is 11.7. The van der Waals surface area contributed by atoms with Crippen LogP contribution in [0.15, 0.2) is 0 Å². The zero-order chi connectivity index (χ0) is 10.6. The molecule has 0 aromatic rings. The molecule has 16 heavy (non-hydrogen) atoms. The third-order valence-corrected chi connectivity index (χ3v) is 4.11. The van der Waals surface area contributed by atoms with Crippen LogP contribution in [0.5, 0.6) is 0 Å². The van der Waals surface area contributed by atoms with Crippen molar-refractivity contribution in [3.8, 4) is 0 Å². The smallest absolute Gasteiger partial charge is 0.303 e. The SMILES string of the molecule is Cl.Cl.N[C@@H]1C(CCCCC(=O)O)SC[C@@H]1N. The van der Waals surface area contributed by atoms with E-state index in [0.29, 0.717) is 5.25 Å². The Morgan fingerprint density at radius 2 is 1.94 bits per heavy atom. The molecule has 98 valence electrons. The quantitative estimate of drug-likeness (QED) is 0.663. The molecular formula is C9H20Cl2N2O2S. The van der Waals surface area contributed by atoms with Crippen molar-refractivity contribution < 1.29 is 9.90 Å². The summed E-state index contributed by atoms with van der Waals surface area (Å²) in [7, 11) is 0. The van der Waals surface area contributed by atoms with Gasteiger partial charge in [-0.1, -0.05) is 6.42 Å². The second-order valence-corrected chi connectivity index (χ2v) is 5.02. The maximum atomic E-state index is 10.3. The Kier molecular flexibility index (Phi) is 10.9. The van der Waals surface area contributed by atoms with Gasteiger partial charge in [-0.2, -0.15) is 11.8 Å². The van der Waals surface area contributed by atoms with Crippen LogP contribution >= 0.6 is 36.6 Å². The molecule has 0 amide bonds. The molecule has 1 heterocycles. The molecule has 1 fully saturated rings. The van der Waals surface area contributed by atoms with Gasteiger partial charge in [0.1, 0.15) is 0 Å². The van der Waals surface area contributed by atoms with Gasteiger partial charge in [-0.25, -0.2) is 0 Å². The van der Waals surface area contributed by atoms with Crippen LogP contribution in [-0.4, -0.2) is 34.2 Å². The summed E-state index contributed by atoms with van der Waals surface area (Å²) in [6.45, 7) is 0. The highest BCUT2D eigenvalue weighted by Gasteiger charge is 2.30. The van der Waals surface area contributed by atoms with E-state index in [1.165, 1.54) is 0 Å². The van der Waals surface area contributed by atoms with Gasteiger partial charge in [0.05, 0.1) is 0 Å². The van der Waals surface area contributed by atoms with Crippen molar-refractivity contribution >= 4 is 42.5 Å². The van der Waals surface area contributed by atoms with Crippen LogP contribution in [-0.2, 0) is 4.79 Å². The largest absolute Gasteiger partial charge is 0.481 e. The number of carbonyl (C=O) groups is 1. The first-order valence-corrected chi connectivity index (χ1v) is 6.00. The zero-order valence-corrected chi connectivity index (χ0v) is 11.5. The summed E-state index contributed by atoms with van der Waals surface area (Å²) in [5.74, 6) is 0.218. The van der Waals surface area contributed by atoms with E-state index in [0.717, 1.165) is 25.0 Å². The van der Waals surface area contributed by atoms with Crippen LogP contribution in [0, 0.1) is 0 Å². The van der Waals surface area contributed by atoms with E-state index in [1.54, 1.807) is 0 Å². The maximum Gasteiger partial charge on any atom is 0.303 e. The normalized spacial score (nSPS) is 28.0. The Hall–Kier alpha value is 0.320. The highest BCUT2D eigenvalue weighted by atomic mass is 35.5. The third-order valence-electron chi connectivity index (χ3n) is 2.56. The fourth-order valence-electron chi connectivity index (χ4n) is 1.63. The first-order chi connectivity index (χ1) is 6.61. The predicted octanol–water partition coefficient (Wildman–Crippen LogP) is 1.24. The van der Waals surface area contributed by atoms with Gasteiger partial charge in [-0.15, -0.1) is 24.8 Å². The van der Waals surface area contributed by atoms with Crippen molar-refractivity contribution in [1.29, 1.82) is 0 Å². The molecule has 0 aromatic carbocycles. The van der Waals surface area contributed by atoms with Gasteiger partial charge in [0, 0.05) is 29.5 Å². The van der Waals surface area contributed by atoms with Gasteiger partial charge in [-0.3, -0.25) is 4.79 Å². The second kappa shape index (κ2) is 9.36. The van der Waals surface area contributed by atoms with Crippen molar-refractivity contribution in [2.24, 2.45) is 11.5 Å². The van der Waals surface area contributed by atoms with Crippen molar-refractivity contribution in [2.45, 2.75) is 43.0 Å². The van der Waals surface area contributed by atoms with Crippen LogP contribution in [0.25, 0.3) is 0 Å². The van der Waals surface area contributed by atoms with Crippen LogP contribution in [0.2, 0.25) is 0 Å². The lowest BCUT2D eigenvalue weighted by Crippen LogP contribution is -2.43. The minimum atomic E-state index is -0.718. The minimum Gasteiger partial charge on any atom is -0.481 e. The molecular weight excluding hydrogens is 271 g/mol. The van der Waals surface area contributed by atoms with Gasteiger partial charge in [0.25, 0.3) is 0 Å². The van der Waals surface area contributed by atoms with Crippen LogP contribution in [0.4, 0.5) is 0 Å². The number of carboxylic acids is 1. The molecule has 0 bridgehead atoms. The standard InChI is InChI=1S/C9H18N2O2S.2ClH/c10-6-5-14-7(9(6)11)3-1-2-4-8(12)13;;/h6-7,9H,1-5,10-11H2,(H,12,13);2*1H/t6-,7?,9-;;/m0../s1. The molecule has 1 aliphatic heterocycles. The van der Waals surface area contributed by atoms with E-state index in [2.05, 4.69) is 0 Å². The summed E-state index contributed by atoms with van der Waals surface area (Å²) >= 11 is 1.82. The molecule has 1 rings (SSSR count). The van der Waals surface area contributed by atoms with E-state index in [4.69, 9.17) is 16.6 Å². The number of hydrogen-bond acceptors (Lipinski definition) is 4. The van der Waals surface area contributed by atoms with E-state index >= 15 is 0 Å². The average molecular weight is 291 g/mol. The van der Waals surface area contributed by atoms with Crippen molar-refractivity contribution in [3.63, 3.8) is 0 Å². The molecule has 1 saturated heterocycles. The van der Waals surface area contributed by atoms with Crippen molar-refractivity contribution in [2.75, 3.05) is 5.75 Å². The molecule has 1 unspecified atom stereocenters. The molecule has 1 aliphatic rings. The van der Waals surface area contributed by atoms with Crippen molar-refractivity contribution in [1.82, 2.24) is 0 Å². The number of halogens is 2. The number of carboxylic acid groups (broad SMARTS) is 1. The topological polar surface area (TPSA) is 89.3 Å². The average Bonchev–Trinajstić information content (AvgIpc) is 2.43. The Morgan fingerprint density at radius 3 is 2.38 bits per heavy atom. The molecule has 0 saturated carbocycles. The molecule has 7 heteroatoms.